The molecule has 0 aliphatic rings. The normalized spacial score (nSPS) is 13.9. The summed E-state index contributed by atoms with van der Waals surface area (Å²) in [4.78, 5) is 0. The fourth-order valence-corrected chi connectivity index (χ4v) is 2.30. The van der Waals surface area contributed by atoms with E-state index in [1.54, 1.807) is 0 Å². The summed E-state index contributed by atoms with van der Waals surface area (Å²) in [5.41, 5.74) is 2.32. The zero-order chi connectivity index (χ0) is 13.9. The van der Waals surface area contributed by atoms with Crippen molar-refractivity contribution in [2.45, 2.75) is 53.0 Å². The van der Waals surface area contributed by atoms with Crippen LogP contribution < -0.4 is 5.32 Å². The second kappa shape index (κ2) is 6.07. The van der Waals surface area contributed by atoms with Crippen molar-refractivity contribution in [2.24, 2.45) is 13.0 Å². The monoisotopic (exact) mass is 271 g/mol. The Morgan fingerprint density at radius 1 is 1.39 bits per heavy atom. The average molecular weight is 272 g/mol. The smallest absolute Gasteiger partial charge is 0.0849 e. The fourth-order valence-electron chi connectivity index (χ4n) is 1.92. The lowest BCUT2D eigenvalue weighted by Crippen LogP contribution is -2.39. The Labute approximate surface area is 116 Å². The van der Waals surface area contributed by atoms with Crippen LogP contribution in [0.4, 0.5) is 0 Å². The molecule has 1 rings (SSSR count). The summed E-state index contributed by atoms with van der Waals surface area (Å²) >= 11 is 6.36. The molecule has 0 saturated heterocycles. The summed E-state index contributed by atoms with van der Waals surface area (Å²) in [6.07, 6.45) is 1.85. The van der Waals surface area contributed by atoms with Gasteiger partial charge in [0.2, 0.25) is 0 Å². The van der Waals surface area contributed by atoms with E-state index in [0.717, 1.165) is 35.8 Å². The second-order valence-corrected chi connectivity index (χ2v) is 6.50. The second-order valence-electron chi connectivity index (χ2n) is 6.12. The maximum atomic E-state index is 6.36. The van der Waals surface area contributed by atoms with Gasteiger partial charge in [-0.2, -0.15) is 5.10 Å². The van der Waals surface area contributed by atoms with E-state index in [0.29, 0.717) is 5.92 Å². The Hall–Kier alpha value is -0.540. The zero-order valence-electron chi connectivity index (χ0n) is 12.5. The van der Waals surface area contributed by atoms with E-state index in [2.05, 4.69) is 45.0 Å². The first kappa shape index (κ1) is 15.5. The first-order valence-corrected chi connectivity index (χ1v) is 7.07. The van der Waals surface area contributed by atoms with Crippen LogP contribution in [0.15, 0.2) is 0 Å². The van der Waals surface area contributed by atoms with Crippen LogP contribution in [-0.2, 0) is 19.9 Å². The number of nitrogens with one attached hydrogen (secondary N) is 1. The van der Waals surface area contributed by atoms with Crippen molar-refractivity contribution in [3.05, 3.63) is 16.4 Å². The van der Waals surface area contributed by atoms with Gasteiger partial charge in [0.15, 0.2) is 0 Å². The van der Waals surface area contributed by atoms with Crippen molar-refractivity contribution in [3.63, 3.8) is 0 Å². The topological polar surface area (TPSA) is 29.9 Å². The first-order valence-electron chi connectivity index (χ1n) is 6.70. The van der Waals surface area contributed by atoms with Gasteiger partial charge in [-0.15, -0.1) is 0 Å². The van der Waals surface area contributed by atoms with E-state index in [9.17, 15) is 0 Å². The van der Waals surface area contributed by atoms with Gasteiger partial charge in [-0.3, -0.25) is 4.68 Å². The van der Waals surface area contributed by atoms with Crippen LogP contribution in [-0.4, -0.2) is 21.9 Å². The number of hydrogen-bond donors (Lipinski definition) is 1. The Balaban J connectivity index is 2.64. The van der Waals surface area contributed by atoms with Crippen molar-refractivity contribution in [3.8, 4) is 0 Å². The number of aromatic nitrogens is 2. The highest BCUT2D eigenvalue weighted by Gasteiger charge is 2.17. The summed E-state index contributed by atoms with van der Waals surface area (Å²) in [6.45, 7) is 11.9. The number of nitrogens with zero attached hydrogens (tertiary/aromatic N) is 2. The average Bonchev–Trinajstić information content (AvgIpc) is 2.53. The van der Waals surface area contributed by atoms with Crippen molar-refractivity contribution >= 4 is 11.6 Å². The van der Waals surface area contributed by atoms with E-state index in [-0.39, 0.29) is 5.54 Å². The molecule has 1 atom stereocenters. The number of aryl methyl sites for hydroxylation is 2. The predicted molar refractivity (Wildman–Crippen MR) is 78.2 cm³/mol. The molecule has 0 radical (unpaired) electrons. The van der Waals surface area contributed by atoms with Crippen LogP contribution in [0.1, 0.15) is 46.0 Å². The van der Waals surface area contributed by atoms with Gasteiger partial charge in [-0.05, 0) is 46.1 Å². The molecule has 0 aliphatic carbocycles. The van der Waals surface area contributed by atoms with E-state index in [1.165, 1.54) is 0 Å². The lowest BCUT2D eigenvalue weighted by atomic mass is 10.0. The molecule has 0 fully saturated rings. The minimum absolute atomic E-state index is 0.166. The molecule has 1 aromatic rings. The summed E-state index contributed by atoms with van der Waals surface area (Å²) in [5.74, 6) is 0.543. The van der Waals surface area contributed by atoms with Gasteiger partial charge in [0, 0.05) is 12.6 Å². The summed E-state index contributed by atoms with van der Waals surface area (Å²) < 4.78 is 1.93. The summed E-state index contributed by atoms with van der Waals surface area (Å²) in [7, 11) is 1.98. The largest absolute Gasteiger partial charge is 0.312 e. The molecule has 0 bridgehead atoms. The first-order chi connectivity index (χ1) is 8.24. The summed E-state index contributed by atoms with van der Waals surface area (Å²) in [6, 6.07) is 0. The molecule has 0 aromatic carbocycles. The van der Waals surface area contributed by atoms with Crippen LogP contribution in [0.5, 0.6) is 0 Å². The van der Waals surface area contributed by atoms with E-state index >= 15 is 0 Å². The molecule has 104 valence electrons. The van der Waals surface area contributed by atoms with Crippen molar-refractivity contribution < 1.29 is 0 Å². The molecular formula is C14H26ClN3. The Morgan fingerprint density at radius 3 is 2.44 bits per heavy atom. The molecule has 1 aromatic heterocycles. The van der Waals surface area contributed by atoms with E-state index in [4.69, 9.17) is 11.6 Å². The maximum Gasteiger partial charge on any atom is 0.0849 e. The molecule has 1 unspecified atom stereocenters. The minimum Gasteiger partial charge on any atom is -0.312 e. The van der Waals surface area contributed by atoms with Crippen LogP contribution in [0.25, 0.3) is 0 Å². The van der Waals surface area contributed by atoms with Gasteiger partial charge < -0.3 is 5.32 Å². The molecule has 4 heteroatoms. The van der Waals surface area contributed by atoms with Gasteiger partial charge in [0.05, 0.1) is 16.4 Å². The lowest BCUT2D eigenvalue weighted by molar-refractivity contribution is 0.378. The highest BCUT2D eigenvalue weighted by atomic mass is 35.5. The highest BCUT2D eigenvalue weighted by molar-refractivity contribution is 6.31. The molecule has 18 heavy (non-hydrogen) atoms. The van der Waals surface area contributed by atoms with Gasteiger partial charge in [-0.1, -0.05) is 25.4 Å². The van der Waals surface area contributed by atoms with E-state index in [1.807, 2.05) is 11.7 Å². The number of halogens is 1. The highest BCUT2D eigenvalue weighted by Crippen LogP contribution is 2.23. The number of hydrogen-bond acceptors (Lipinski definition) is 2. The molecule has 3 nitrogen and oxygen atoms in total. The molecule has 1 heterocycles. The molecule has 0 amide bonds. The Kier molecular flexibility index (Phi) is 5.23. The molecule has 0 saturated carbocycles. The van der Waals surface area contributed by atoms with Gasteiger partial charge in [0.25, 0.3) is 0 Å². The minimum atomic E-state index is 0.166. The van der Waals surface area contributed by atoms with Crippen LogP contribution in [0.3, 0.4) is 0 Å². The molecule has 0 spiro atoms. The predicted octanol–water partition coefficient (Wildman–Crippen LogP) is 3.20. The SMILES string of the molecule is CCc1nn(C)c(CC(C)CNC(C)(C)C)c1Cl. The Morgan fingerprint density at radius 2 is 2.00 bits per heavy atom. The standard InChI is InChI=1S/C14H26ClN3/c1-7-11-13(15)12(18(6)17-11)8-10(2)9-16-14(3,4)5/h10,16H,7-9H2,1-6H3. The third-order valence-electron chi connectivity index (χ3n) is 3.03. The fraction of sp³-hybridized carbons (Fsp3) is 0.786. The third-order valence-corrected chi connectivity index (χ3v) is 3.46. The molecule has 0 aliphatic heterocycles. The van der Waals surface area contributed by atoms with Crippen LogP contribution in [0.2, 0.25) is 5.02 Å². The van der Waals surface area contributed by atoms with Crippen molar-refractivity contribution in [2.75, 3.05) is 6.54 Å². The number of rotatable bonds is 5. The van der Waals surface area contributed by atoms with Gasteiger partial charge in [-0.25, -0.2) is 0 Å². The maximum absolute atomic E-state index is 6.36. The van der Waals surface area contributed by atoms with Gasteiger partial charge >= 0.3 is 0 Å². The quantitative estimate of drug-likeness (QED) is 0.891. The van der Waals surface area contributed by atoms with Crippen molar-refractivity contribution in [1.29, 1.82) is 0 Å². The Bertz CT molecular complexity index is 390. The van der Waals surface area contributed by atoms with Crippen LogP contribution in [0, 0.1) is 5.92 Å². The van der Waals surface area contributed by atoms with Gasteiger partial charge in [0.1, 0.15) is 0 Å². The lowest BCUT2D eigenvalue weighted by Gasteiger charge is -2.23. The summed E-state index contributed by atoms with van der Waals surface area (Å²) in [5, 5.41) is 8.83. The van der Waals surface area contributed by atoms with Crippen LogP contribution >= 0.6 is 11.6 Å². The third kappa shape index (κ3) is 4.29. The zero-order valence-corrected chi connectivity index (χ0v) is 13.2. The molecular weight excluding hydrogens is 246 g/mol. The van der Waals surface area contributed by atoms with Crippen molar-refractivity contribution in [1.82, 2.24) is 15.1 Å². The molecule has 1 N–H and O–H groups in total. The van der Waals surface area contributed by atoms with E-state index < -0.39 is 0 Å².